The smallest absolute Gasteiger partial charge is 0.242 e. The van der Waals surface area contributed by atoms with Crippen LogP contribution in [0.2, 0.25) is 0 Å². The number of piperazine rings is 1. The average molecular weight is 315 g/mol. The van der Waals surface area contributed by atoms with Gasteiger partial charge in [0, 0.05) is 45.1 Å². The summed E-state index contributed by atoms with van der Waals surface area (Å²) in [4.78, 5) is 24.8. The van der Waals surface area contributed by atoms with Crippen LogP contribution in [-0.4, -0.2) is 65.9 Å². The van der Waals surface area contributed by atoms with Crippen molar-refractivity contribution in [1.29, 1.82) is 0 Å². The summed E-state index contributed by atoms with van der Waals surface area (Å²) in [5.74, 6) is 1.05. The SMILES string of the molecule is CN=C(NCCc1ccncc1C)N1CCN(C2CC2)C(=O)C1. The van der Waals surface area contributed by atoms with Crippen LogP contribution < -0.4 is 5.32 Å². The standard InChI is InChI=1S/C17H25N5O/c1-13-11-19-7-5-14(13)6-8-20-17(18-2)21-9-10-22(15-3-4-15)16(23)12-21/h5,7,11,15H,3-4,6,8-10,12H2,1-2H3,(H,18,20). The van der Waals surface area contributed by atoms with Gasteiger partial charge >= 0.3 is 0 Å². The highest BCUT2D eigenvalue weighted by Gasteiger charge is 2.36. The summed E-state index contributed by atoms with van der Waals surface area (Å²) in [6, 6.07) is 2.56. The van der Waals surface area contributed by atoms with Gasteiger partial charge in [0.05, 0.1) is 6.54 Å². The number of aromatic nitrogens is 1. The minimum Gasteiger partial charge on any atom is -0.356 e. The second kappa shape index (κ2) is 6.98. The van der Waals surface area contributed by atoms with E-state index < -0.39 is 0 Å². The summed E-state index contributed by atoms with van der Waals surface area (Å²) in [5, 5.41) is 3.38. The molecule has 0 aromatic carbocycles. The van der Waals surface area contributed by atoms with E-state index in [-0.39, 0.29) is 5.91 Å². The maximum Gasteiger partial charge on any atom is 0.242 e. The highest BCUT2D eigenvalue weighted by atomic mass is 16.2. The van der Waals surface area contributed by atoms with E-state index in [0.29, 0.717) is 12.6 Å². The van der Waals surface area contributed by atoms with Crippen molar-refractivity contribution in [2.45, 2.75) is 32.2 Å². The molecule has 1 aliphatic carbocycles. The van der Waals surface area contributed by atoms with Crippen LogP contribution in [0.5, 0.6) is 0 Å². The molecule has 2 aliphatic rings. The van der Waals surface area contributed by atoms with Crippen molar-refractivity contribution in [3.8, 4) is 0 Å². The minimum absolute atomic E-state index is 0.228. The van der Waals surface area contributed by atoms with E-state index in [1.807, 2.05) is 17.3 Å². The van der Waals surface area contributed by atoms with Gasteiger partial charge in [0.15, 0.2) is 5.96 Å². The number of carbonyl (C=O) groups is 1. The Bertz CT molecular complexity index is 596. The predicted octanol–water partition coefficient (Wildman–Crippen LogP) is 0.815. The molecule has 0 radical (unpaired) electrons. The van der Waals surface area contributed by atoms with E-state index in [4.69, 9.17) is 0 Å². The van der Waals surface area contributed by atoms with Gasteiger partial charge in [-0.15, -0.1) is 0 Å². The van der Waals surface area contributed by atoms with E-state index in [0.717, 1.165) is 32.0 Å². The molecule has 1 saturated carbocycles. The second-order valence-electron chi connectivity index (χ2n) is 6.27. The first-order chi connectivity index (χ1) is 11.2. The third-order valence-electron chi connectivity index (χ3n) is 4.57. The Morgan fingerprint density at radius 1 is 1.43 bits per heavy atom. The lowest BCUT2D eigenvalue weighted by molar-refractivity contribution is -0.135. The minimum atomic E-state index is 0.228. The molecule has 2 fully saturated rings. The van der Waals surface area contributed by atoms with E-state index >= 15 is 0 Å². The number of carbonyl (C=O) groups excluding carboxylic acids is 1. The van der Waals surface area contributed by atoms with Gasteiger partial charge in [-0.05, 0) is 43.4 Å². The number of rotatable bonds is 4. The predicted molar refractivity (Wildman–Crippen MR) is 90.3 cm³/mol. The molecule has 1 aromatic heterocycles. The molecule has 1 aromatic rings. The van der Waals surface area contributed by atoms with Gasteiger partial charge in [-0.2, -0.15) is 0 Å². The van der Waals surface area contributed by atoms with Crippen LogP contribution in [0.25, 0.3) is 0 Å². The zero-order chi connectivity index (χ0) is 16.2. The summed E-state index contributed by atoms with van der Waals surface area (Å²) in [7, 11) is 1.78. The zero-order valence-corrected chi connectivity index (χ0v) is 14.0. The lowest BCUT2D eigenvalue weighted by atomic mass is 10.1. The fourth-order valence-electron chi connectivity index (χ4n) is 3.06. The van der Waals surface area contributed by atoms with Crippen molar-refractivity contribution < 1.29 is 4.79 Å². The monoisotopic (exact) mass is 315 g/mol. The molecule has 2 heterocycles. The van der Waals surface area contributed by atoms with Crippen molar-refractivity contribution in [3.05, 3.63) is 29.6 Å². The van der Waals surface area contributed by atoms with Gasteiger partial charge in [-0.3, -0.25) is 14.8 Å². The molecule has 0 atom stereocenters. The number of nitrogens with zero attached hydrogens (tertiary/aromatic N) is 4. The van der Waals surface area contributed by atoms with Crippen molar-refractivity contribution in [1.82, 2.24) is 20.1 Å². The number of hydrogen-bond donors (Lipinski definition) is 1. The molecule has 0 bridgehead atoms. The maximum absolute atomic E-state index is 12.2. The van der Waals surface area contributed by atoms with Crippen molar-refractivity contribution in [3.63, 3.8) is 0 Å². The fourth-order valence-corrected chi connectivity index (χ4v) is 3.06. The molecule has 1 amide bonds. The van der Waals surface area contributed by atoms with Crippen LogP contribution in [0, 0.1) is 6.92 Å². The number of aliphatic imine (C=N–C) groups is 1. The summed E-state index contributed by atoms with van der Waals surface area (Å²) >= 11 is 0. The van der Waals surface area contributed by atoms with Gasteiger partial charge in [0.25, 0.3) is 0 Å². The highest BCUT2D eigenvalue weighted by Crippen LogP contribution is 2.27. The number of pyridine rings is 1. The molecule has 3 rings (SSSR count). The van der Waals surface area contributed by atoms with E-state index in [2.05, 4.69) is 33.2 Å². The molecule has 1 N–H and O–H groups in total. The molecular weight excluding hydrogens is 290 g/mol. The van der Waals surface area contributed by atoms with Gasteiger partial charge in [-0.1, -0.05) is 0 Å². The van der Waals surface area contributed by atoms with Crippen LogP contribution >= 0.6 is 0 Å². The summed E-state index contributed by atoms with van der Waals surface area (Å²) in [5.41, 5.74) is 2.50. The fraction of sp³-hybridized carbons (Fsp3) is 0.588. The van der Waals surface area contributed by atoms with E-state index in [9.17, 15) is 4.79 Å². The van der Waals surface area contributed by atoms with Crippen LogP contribution in [0.15, 0.2) is 23.5 Å². The molecule has 124 valence electrons. The lowest BCUT2D eigenvalue weighted by Gasteiger charge is -2.36. The number of hydrogen-bond acceptors (Lipinski definition) is 3. The topological polar surface area (TPSA) is 60.8 Å². The van der Waals surface area contributed by atoms with Gasteiger partial charge in [-0.25, -0.2) is 0 Å². The Hall–Kier alpha value is -2.11. The highest BCUT2D eigenvalue weighted by molar-refractivity contribution is 5.87. The third kappa shape index (κ3) is 3.81. The van der Waals surface area contributed by atoms with Crippen molar-refractivity contribution in [2.75, 3.05) is 33.2 Å². The quantitative estimate of drug-likeness (QED) is 0.660. The summed E-state index contributed by atoms with van der Waals surface area (Å²) in [6.07, 6.45) is 6.98. The lowest BCUT2D eigenvalue weighted by Crippen LogP contribution is -2.55. The first kappa shape index (κ1) is 15.8. The van der Waals surface area contributed by atoms with E-state index in [1.54, 1.807) is 7.05 Å². The number of aryl methyl sites for hydroxylation is 1. The summed E-state index contributed by atoms with van der Waals surface area (Å²) < 4.78 is 0. The van der Waals surface area contributed by atoms with Crippen LogP contribution in [0.4, 0.5) is 0 Å². The van der Waals surface area contributed by atoms with Crippen molar-refractivity contribution in [2.24, 2.45) is 4.99 Å². The molecule has 1 aliphatic heterocycles. The number of amides is 1. The molecule has 23 heavy (non-hydrogen) atoms. The van der Waals surface area contributed by atoms with Crippen molar-refractivity contribution >= 4 is 11.9 Å². The normalized spacial score (nSPS) is 19.2. The maximum atomic E-state index is 12.2. The average Bonchev–Trinajstić information content (AvgIpc) is 3.38. The Morgan fingerprint density at radius 2 is 2.26 bits per heavy atom. The largest absolute Gasteiger partial charge is 0.356 e. The Kier molecular flexibility index (Phi) is 4.79. The van der Waals surface area contributed by atoms with Gasteiger partial charge in [0.2, 0.25) is 5.91 Å². The molecule has 1 saturated heterocycles. The Morgan fingerprint density at radius 3 is 2.91 bits per heavy atom. The van der Waals surface area contributed by atoms with Gasteiger partial charge < -0.3 is 15.1 Å². The molecule has 0 unspecified atom stereocenters. The Labute approximate surface area is 137 Å². The first-order valence-corrected chi connectivity index (χ1v) is 8.33. The van der Waals surface area contributed by atoms with Crippen LogP contribution in [-0.2, 0) is 11.2 Å². The Balaban J connectivity index is 1.50. The van der Waals surface area contributed by atoms with Crippen LogP contribution in [0.1, 0.15) is 24.0 Å². The molecule has 0 spiro atoms. The first-order valence-electron chi connectivity index (χ1n) is 8.33. The van der Waals surface area contributed by atoms with E-state index in [1.165, 1.54) is 24.0 Å². The van der Waals surface area contributed by atoms with Gasteiger partial charge in [0.1, 0.15) is 0 Å². The zero-order valence-electron chi connectivity index (χ0n) is 14.0. The third-order valence-corrected chi connectivity index (χ3v) is 4.57. The van der Waals surface area contributed by atoms with Crippen LogP contribution in [0.3, 0.4) is 0 Å². The molecule has 6 heteroatoms. The summed E-state index contributed by atoms with van der Waals surface area (Å²) in [6.45, 7) is 4.98. The molecular formula is C17H25N5O. The second-order valence-corrected chi connectivity index (χ2v) is 6.27. The number of nitrogens with one attached hydrogen (secondary N) is 1. The number of guanidine groups is 1. The molecule has 6 nitrogen and oxygen atoms in total.